The van der Waals surface area contributed by atoms with Gasteiger partial charge in [0.2, 0.25) is 0 Å². The van der Waals surface area contributed by atoms with E-state index in [0.29, 0.717) is 5.75 Å². The van der Waals surface area contributed by atoms with Gasteiger partial charge in [0.1, 0.15) is 0 Å². The van der Waals surface area contributed by atoms with Gasteiger partial charge in [0.25, 0.3) is 0 Å². The lowest BCUT2D eigenvalue weighted by Gasteiger charge is -2.01. The van der Waals surface area contributed by atoms with E-state index < -0.39 is 10.8 Å². The molecule has 0 aromatic carbocycles. The Labute approximate surface area is 52.4 Å². The van der Waals surface area contributed by atoms with E-state index in [1.165, 1.54) is 0 Å². The molecule has 0 spiro atoms. The molecule has 0 saturated heterocycles. The van der Waals surface area contributed by atoms with Gasteiger partial charge in [-0.3, -0.25) is 4.21 Å². The molecule has 3 heteroatoms. The lowest BCUT2D eigenvalue weighted by molar-refractivity contribution is 0.250. The molecule has 0 aliphatic rings. The maximum Gasteiger partial charge on any atom is 0.0465 e. The molecule has 2 nitrogen and oxygen atoms in total. The van der Waals surface area contributed by atoms with Crippen molar-refractivity contribution in [3.8, 4) is 0 Å². The summed E-state index contributed by atoms with van der Waals surface area (Å²) in [7, 11) is -0.756. The lowest BCUT2D eigenvalue weighted by atomic mass is 10.2. The van der Waals surface area contributed by atoms with Crippen LogP contribution in [0.4, 0.5) is 0 Å². The average Bonchev–Trinajstić information content (AvgIpc) is 1.65. The van der Waals surface area contributed by atoms with E-state index in [0.717, 1.165) is 0 Å². The van der Waals surface area contributed by atoms with Crippen LogP contribution in [0.3, 0.4) is 0 Å². The van der Waals surface area contributed by atoms with E-state index in [1.54, 1.807) is 6.26 Å². The van der Waals surface area contributed by atoms with Crippen molar-refractivity contribution >= 4 is 10.8 Å². The third-order valence-corrected chi connectivity index (χ3v) is 1.87. The van der Waals surface area contributed by atoms with Gasteiger partial charge in [-0.2, -0.15) is 0 Å². The predicted molar refractivity (Wildman–Crippen MR) is 35.2 cm³/mol. The minimum Gasteiger partial charge on any atom is -0.396 e. The van der Waals surface area contributed by atoms with Crippen molar-refractivity contribution in [1.29, 1.82) is 0 Å². The fourth-order valence-electron chi connectivity index (χ4n) is 0.453. The highest BCUT2D eigenvalue weighted by Gasteiger charge is 2.00. The Balaban J connectivity index is 3.24. The first kappa shape index (κ1) is 8.11. The summed E-state index contributed by atoms with van der Waals surface area (Å²) < 4.78 is 10.4. The average molecular weight is 136 g/mol. The Kier molecular flexibility index (Phi) is 4.09. The second-order valence-electron chi connectivity index (χ2n) is 2.03. The molecule has 0 aliphatic carbocycles. The number of aliphatic hydroxyl groups is 1. The van der Waals surface area contributed by atoms with E-state index in [1.807, 2.05) is 6.92 Å². The second-order valence-corrected chi connectivity index (χ2v) is 3.51. The minimum atomic E-state index is -0.756. The van der Waals surface area contributed by atoms with Crippen LogP contribution in [0.15, 0.2) is 0 Å². The van der Waals surface area contributed by atoms with Gasteiger partial charge in [-0.15, -0.1) is 0 Å². The molecule has 2 atom stereocenters. The van der Waals surface area contributed by atoms with Crippen molar-refractivity contribution in [2.75, 3.05) is 18.6 Å². The van der Waals surface area contributed by atoms with E-state index in [9.17, 15) is 4.21 Å². The second kappa shape index (κ2) is 4.04. The molecule has 0 radical (unpaired) electrons. The van der Waals surface area contributed by atoms with Crippen molar-refractivity contribution in [3.05, 3.63) is 0 Å². The summed E-state index contributed by atoms with van der Waals surface area (Å²) in [5.41, 5.74) is 0. The quantitative estimate of drug-likeness (QED) is 0.592. The van der Waals surface area contributed by atoms with E-state index in [-0.39, 0.29) is 12.5 Å². The molecular weight excluding hydrogens is 124 g/mol. The Bertz CT molecular complexity index is 82.5. The molecule has 50 valence electrons. The Morgan fingerprint density at radius 1 is 1.75 bits per heavy atom. The third kappa shape index (κ3) is 4.27. The van der Waals surface area contributed by atoms with Crippen LogP contribution in [0, 0.1) is 5.92 Å². The molecular formula is C5H12O2S. The fourth-order valence-corrected chi connectivity index (χ4v) is 1.36. The van der Waals surface area contributed by atoms with Crippen molar-refractivity contribution < 1.29 is 9.32 Å². The van der Waals surface area contributed by atoms with Gasteiger partial charge in [0.05, 0.1) is 0 Å². The molecule has 0 heterocycles. The topological polar surface area (TPSA) is 37.3 Å². The van der Waals surface area contributed by atoms with Crippen LogP contribution >= 0.6 is 0 Å². The Morgan fingerprint density at radius 2 is 2.25 bits per heavy atom. The van der Waals surface area contributed by atoms with Crippen LogP contribution in [0.1, 0.15) is 6.92 Å². The van der Waals surface area contributed by atoms with Crippen LogP contribution in [-0.4, -0.2) is 27.9 Å². The van der Waals surface area contributed by atoms with Gasteiger partial charge in [-0.05, 0) is 5.92 Å². The molecule has 0 aromatic rings. The van der Waals surface area contributed by atoms with Crippen LogP contribution in [-0.2, 0) is 10.8 Å². The van der Waals surface area contributed by atoms with Gasteiger partial charge in [-0.25, -0.2) is 0 Å². The summed E-state index contributed by atoms with van der Waals surface area (Å²) >= 11 is 0. The molecule has 1 N–H and O–H groups in total. The molecule has 2 unspecified atom stereocenters. The molecule has 0 saturated carbocycles. The van der Waals surface area contributed by atoms with Crippen molar-refractivity contribution in [2.45, 2.75) is 6.92 Å². The zero-order valence-electron chi connectivity index (χ0n) is 5.26. The SMILES string of the molecule is CC(CO)CS(C)=O. The monoisotopic (exact) mass is 136 g/mol. The predicted octanol–water partition coefficient (Wildman–Crippen LogP) is -0.00670. The third-order valence-electron chi connectivity index (χ3n) is 0.831. The number of aliphatic hydroxyl groups excluding tert-OH is 1. The zero-order chi connectivity index (χ0) is 6.57. The lowest BCUT2D eigenvalue weighted by Crippen LogP contribution is -2.09. The first-order valence-electron chi connectivity index (χ1n) is 2.57. The molecule has 0 bridgehead atoms. The maximum absolute atomic E-state index is 10.4. The Morgan fingerprint density at radius 3 is 2.38 bits per heavy atom. The standard InChI is InChI=1S/C5H12O2S/c1-5(3-6)4-8(2)7/h5-6H,3-4H2,1-2H3. The molecule has 0 amide bonds. The smallest absolute Gasteiger partial charge is 0.0465 e. The fraction of sp³-hybridized carbons (Fsp3) is 1.00. The van der Waals surface area contributed by atoms with Crippen molar-refractivity contribution in [2.24, 2.45) is 5.92 Å². The number of rotatable bonds is 3. The highest BCUT2D eigenvalue weighted by atomic mass is 32.2. The highest BCUT2D eigenvalue weighted by molar-refractivity contribution is 7.84. The largest absolute Gasteiger partial charge is 0.396 e. The van der Waals surface area contributed by atoms with Gasteiger partial charge in [0.15, 0.2) is 0 Å². The van der Waals surface area contributed by atoms with Crippen LogP contribution in [0.2, 0.25) is 0 Å². The summed E-state index contributed by atoms with van der Waals surface area (Å²) in [5, 5.41) is 8.45. The van der Waals surface area contributed by atoms with Gasteiger partial charge in [-0.1, -0.05) is 6.92 Å². The zero-order valence-corrected chi connectivity index (χ0v) is 6.07. The van der Waals surface area contributed by atoms with E-state index in [4.69, 9.17) is 5.11 Å². The summed E-state index contributed by atoms with van der Waals surface area (Å²) in [6.07, 6.45) is 1.64. The highest BCUT2D eigenvalue weighted by Crippen LogP contribution is 1.93. The van der Waals surface area contributed by atoms with Crippen LogP contribution in [0.5, 0.6) is 0 Å². The minimum absolute atomic E-state index is 0.138. The van der Waals surface area contributed by atoms with Gasteiger partial charge in [0, 0.05) is 29.4 Å². The van der Waals surface area contributed by atoms with E-state index >= 15 is 0 Å². The normalized spacial score (nSPS) is 17.9. The first-order valence-corrected chi connectivity index (χ1v) is 4.30. The molecule has 0 fully saturated rings. The van der Waals surface area contributed by atoms with Crippen molar-refractivity contribution in [3.63, 3.8) is 0 Å². The summed E-state index contributed by atoms with van der Waals surface area (Å²) in [4.78, 5) is 0. The number of hydrogen-bond acceptors (Lipinski definition) is 2. The Hall–Kier alpha value is 0.110. The number of hydrogen-bond donors (Lipinski definition) is 1. The van der Waals surface area contributed by atoms with E-state index in [2.05, 4.69) is 0 Å². The van der Waals surface area contributed by atoms with Gasteiger partial charge < -0.3 is 5.11 Å². The first-order chi connectivity index (χ1) is 3.66. The molecule has 8 heavy (non-hydrogen) atoms. The molecule has 0 aromatic heterocycles. The molecule has 0 rings (SSSR count). The summed E-state index contributed by atoms with van der Waals surface area (Å²) in [6, 6.07) is 0. The maximum atomic E-state index is 10.4. The van der Waals surface area contributed by atoms with Crippen LogP contribution < -0.4 is 0 Å². The van der Waals surface area contributed by atoms with Crippen molar-refractivity contribution in [1.82, 2.24) is 0 Å². The van der Waals surface area contributed by atoms with Gasteiger partial charge >= 0.3 is 0 Å². The van der Waals surface area contributed by atoms with Crippen LogP contribution in [0.25, 0.3) is 0 Å². The summed E-state index contributed by atoms with van der Waals surface area (Å²) in [6.45, 7) is 2.01. The molecule has 0 aliphatic heterocycles. The summed E-state index contributed by atoms with van der Waals surface area (Å²) in [5.74, 6) is 0.789.